The van der Waals surface area contributed by atoms with Crippen molar-refractivity contribution in [3.05, 3.63) is 27.8 Å². The van der Waals surface area contributed by atoms with Crippen molar-refractivity contribution < 1.29 is 43.4 Å². The lowest BCUT2D eigenvalue weighted by atomic mass is 10.1. The van der Waals surface area contributed by atoms with Gasteiger partial charge in [-0.2, -0.15) is 0 Å². The third-order valence-corrected chi connectivity index (χ3v) is 4.56. The summed E-state index contributed by atoms with van der Waals surface area (Å²) >= 11 is 0. The third-order valence-electron chi connectivity index (χ3n) is 3.07. The Kier molecular flexibility index (Phi) is 7.89. The van der Waals surface area contributed by atoms with Gasteiger partial charge in [0.1, 0.15) is 0 Å². The summed E-state index contributed by atoms with van der Waals surface area (Å²) < 4.78 is 25.8. The van der Waals surface area contributed by atoms with Crippen molar-refractivity contribution in [2.24, 2.45) is 11.6 Å². The summed E-state index contributed by atoms with van der Waals surface area (Å²) in [5, 5.41) is 29.2. The molecule has 6 N–H and O–H groups in total. The number of nitro groups is 1. The zero-order chi connectivity index (χ0) is 19.9. The molecule has 0 heterocycles. The number of nitro benzene ring substituents is 1. The van der Waals surface area contributed by atoms with Gasteiger partial charge in [-0.05, 0) is 12.5 Å². The highest BCUT2D eigenvalue weighted by molar-refractivity contribution is 7.53. The van der Waals surface area contributed by atoms with Gasteiger partial charge < -0.3 is 14.9 Å². The summed E-state index contributed by atoms with van der Waals surface area (Å²) in [6, 6.07) is 2.06. The van der Waals surface area contributed by atoms with Crippen LogP contribution in [0, 0.1) is 10.1 Å². The molecule has 1 aromatic carbocycles. The van der Waals surface area contributed by atoms with Gasteiger partial charge in [0.05, 0.1) is 18.2 Å². The Morgan fingerprint density at radius 2 is 2.12 bits per heavy atom. The molecule has 0 radical (unpaired) electrons. The van der Waals surface area contributed by atoms with Crippen molar-refractivity contribution in [2.45, 2.75) is 19.1 Å². The summed E-state index contributed by atoms with van der Waals surface area (Å²) in [4.78, 5) is 25.3. The van der Waals surface area contributed by atoms with Crippen LogP contribution >= 0.6 is 7.60 Å². The highest BCUT2D eigenvalue weighted by atomic mass is 31.2. The number of hydrogen-bond acceptors (Lipinski definition) is 11. The number of carboxylic acid groups (broad SMARTS) is 1. The number of nitrogens with two attached hydrogens (primary N) is 2. The van der Waals surface area contributed by atoms with Crippen molar-refractivity contribution in [3.8, 4) is 11.5 Å². The number of methoxy groups -OCH3 is 1. The van der Waals surface area contributed by atoms with Gasteiger partial charge >= 0.3 is 19.3 Å². The van der Waals surface area contributed by atoms with Crippen LogP contribution < -0.4 is 16.4 Å². The molecule has 2 unspecified atom stereocenters. The lowest BCUT2D eigenvalue weighted by Gasteiger charge is -2.18. The molecule has 0 fully saturated rings. The number of carbonyl (C=O) groups is 1. The van der Waals surface area contributed by atoms with E-state index >= 15 is 0 Å². The lowest BCUT2D eigenvalue weighted by Crippen LogP contribution is -2.16. The Morgan fingerprint density at radius 3 is 2.62 bits per heavy atom. The van der Waals surface area contributed by atoms with Gasteiger partial charge in [0.25, 0.3) is 0 Å². The minimum Gasteiger partial charge on any atom is -0.500 e. The molecular weight excluding hydrogens is 377 g/mol. The molecular formula is C12H18N3O10P. The molecule has 2 atom stereocenters. The number of benzene rings is 1. The van der Waals surface area contributed by atoms with Crippen LogP contribution in [-0.2, 0) is 23.5 Å². The standard InChI is InChI=1S/C12H18N3O10P/c1-22-9-6-7(5-8(11(9)18)15(19)20)12(13)23-25-26(21,24-14)4-2-3-10(16)17/h5-6,12,18H,2-4,13-14H2,1H3,(H,16,17). The number of aromatic hydroxyl groups is 1. The van der Waals surface area contributed by atoms with Crippen LogP contribution in [0.25, 0.3) is 0 Å². The van der Waals surface area contributed by atoms with E-state index in [1.165, 1.54) is 7.11 Å². The van der Waals surface area contributed by atoms with E-state index in [4.69, 9.17) is 26.4 Å². The Morgan fingerprint density at radius 1 is 1.46 bits per heavy atom. The summed E-state index contributed by atoms with van der Waals surface area (Å²) in [6.07, 6.45) is -2.21. The highest BCUT2D eigenvalue weighted by Gasteiger charge is 2.28. The maximum absolute atomic E-state index is 12.1. The second-order valence-corrected chi connectivity index (χ2v) is 6.91. The molecule has 1 rings (SSSR count). The van der Waals surface area contributed by atoms with Crippen LogP contribution in [0.1, 0.15) is 24.6 Å². The second kappa shape index (κ2) is 9.43. The minimum absolute atomic E-state index is 0.0412. The number of rotatable bonds is 11. The van der Waals surface area contributed by atoms with Gasteiger partial charge in [0.15, 0.2) is 12.0 Å². The van der Waals surface area contributed by atoms with E-state index in [-0.39, 0.29) is 30.3 Å². The summed E-state index contributed by atoms with van der Waals surface area (Å²) in [6.45, 7) is 0. The molecule has 146 valence electrons. The number of hydrogen-bond donors (Lipinski definition) is 4. The van der Waals surface area contributed by atoms with Crippen LogP contribution in [-0.4, -0.2) is 34.4 Å². The largest absolute Gasteiger partial charge is 0.500 e. The molecule has 0 saturated heterocycles. The van der Waals surface area contributed by atoms with Gasteiger partial charge in [-0.1, -0.05) is 0 Å². The summed E-state index contributed by atoms with van der Waals surface area (Å²) in [5.41, 5.74) is 4.92. The molecule has 0 aliphatic carbocycles. The molecule has 13 nitrogen and oxygen atoms in total. The van der Waals surface area contributed by atoms with Crippen LogP contribution in [0.5, 0.6) is 11.5 Å². The molecule has 26 heavy (non-hydrogen) atoms. The van der Waals surface area contributed by atoms with E-state index in [2.05, 4.69) is 9.30 Å². The molecule has 0 aliphatic heterocycles. The maximum atomic E-state index is 12.1. The average molecular weight is 395 g/mol. The van der Waals surface area contributed by atoms with E-state index in [1.54, 1.807) is 0 Å². The summed E-state index contributed by atoms with van der Waals surface area (Å²) in [5.74, 6) is 2.81. The van der Waals surface area contributed by atoms with Crippen LogP contribution in [0.4, 0.5) is 5.69 Å². The van der Waals surface area contributed by atoms with Gasteiger partial charge in [-0.15, -0.1) is 4.67 Å². The van der Waals surface area contributed by atoms with Gasteiger partial charge in [0.2, 0.25) is 5.75 Å². The van der Waals surface area contributed by atoms with E-state index in [0.29, 0.717) is 0 Å². The normalized spacial score (nSPS) is 14.4. The van der Waals surface area contributed by atoms with Crippen molar-refractivity contribution >= 4 is 19.3 Å². The molecule has 1 aromatic rings. The zero-order valence-electron chi connectivity index (χ0n) is 13.6. The topological polar surface area (TPSA) is 207 Å². The lowest BCUT2D eigenvalue weighted by molar-refractivity contribution is -0.386. The predicted octanol–water partition coefficient (Wildman–Crippen LogP) is 1.16. The van der Waals surface area contributed by atoms with Crippen molar-refractivity contribution in [2.75, 3.05) is 13.3 Å². The highest BCUT2D eigenvalue weighted by Crippen LogP contribution is 2.48. The van der Waals surface area contributed by atoms with E-state index in [1.807, 2.05) is 0 Å². The number of nitrogens with zero attached hydrogens (tertiary/aromatic N) is 1. The number of phenolic OH excluding ortho intramolecular Hbond substituents is 1. The molecule has 0 aromatic heterocycles. The fourth-order valence-electron chi connectivity index (χ4n) is 1.77. The first-order valence-corrected chi connectivity index (χ1v) is 8.71. The van der Waals surface area contributed by atoms with Gasteiger partial charge in [-0.3, -0.25) is 25.2 Å². The fraction of sp³-hybridized carbons (Fsp3) is 0.417. The smallest absolute Gasteiger partial charge is 0.373 e. The number of ether oxygens (including phenoxy) is 1. The zero-order valence-corrected chi connectivity index (χ0v) is 14.5. The maximum Gasteiger partial charge on any atom is 0.373 e. The van der Waals surface area contributed by atoms with Crippen LogP contribution in [0.2, 0.25) is 0 Å². The summed E-state index contributed by atoms with van der Waals surface area (Å²) in [7, 11) is -2.82. The predicted molar refractivity (Wildman–Crippen MR) is 85.0 cm³/mol. The number of carboxylic acids is 1. The monoisotopic (exact) mass is 395 g/mol. The Balaban J connectivity index is 2.88. The number of aliphatic carboxylic acids is 1. The Bertz CT molecular complexity index is 713. The van der Waals surface area contributed by atoms with Crippen LogP contribution in [0.3, 0.4) is 0 Å². The van der Waals surface area contributed by atoms with Gasteiger partial charge in [-0.25, -0.2) is 15.4 Å². The average Bonchev–Trinajstić information content (AvgIpc) is 2.59. The van der Waals surface area contributed by atoms with Crippen molar-refractivity contribution in [3.63, 3.8) is 0 Å². The third kappa shape index (κ3) is 5.91. The van der Waals surface area contributed by atoms with Gasteiger partial charge in [0, 0.05) is 18.1 Å². The first-order valence-electron chi connectivity index (χ1n) is 6.98. The Labute approximate surface area is 147 Å². The van der Waals surface area contributed by atoms with Crippen LogP contribution in [0.15, 0.2) is 12.1 Å². The number of phenols is 1. The molecule has 0 aliphatic rings. The SMILES string of the molecule is COc1cc(C(N)OOP(=O)(CCCC(=O)O)ON)cc([N+](=O)[O-])c1O. The first-order chi connectivity index (χ1) is 12.1. The quantitative estimate of drug-likeness (QED) is 0.137. The fourth-order valence-corrected chi connectivity index (χ4v) is 2.76. The van der Waals surface area contributed by atoms with E-state index in [9.17, 15) is 24.6 Å². The Hall–Kier alpha value is -2.28. The van der Waals surface area contributed by atoms with Crippen molar-refractivity contribution in [1.29, 1.82) is 0 Å². The molecule has 0 bridgehead atoms. The molecule has 0 amide bonds. The molecule has 0 saturated carbocycles. The minimum atomic E-state index is -3.99. The van der Waals surface area contributed by atoms with E-state index < -0.39 is 36.2 Å². The first kappa shape index (κ1) is 21.8. The second-order valence-electron chi connectivity index (χ2n) is 4.88. The van der Waals surface area contributed by atoms with E-state index in [0.717, 1.165) is 12.1 Å². The molecule has 0 spiro atoms. The molecule has 14 heteroatoms. The van der Waals surface area contributed by atoms with Crippen molar-refractivity contribution in [1.82, 2.24) is 0 Å².